The standard InChI is InChI=1S/C22H24O4.C12H12O3.C9H11NO4/c1-17-7-6-10-19(15-17)12-14-22(24)26-18(2)11-13-21(23)25-16-20-8-4-3-5-9-20;1-10(13)7-8-12(14)15-9-11-5-3-2-4-6-11;11-9(12)5-4-7-2-1-3-8(6-7)10(13)14/h3-5,8-10,12,14,17-18H,6-7,15-16H2,1-2H3;2-6,10,13H,9H2,1H3;2,4-5,8H,1,3,6H2,(H,11,12)/b14-12+;;5-4+/t17?,18-;10-;/m11./s1. The van der Waals surface area contributed by atoms with Crippen molar-refractivity contribution < 1.29 is 48.5 Å². The molecule has 2 aliphatic carbocycles. The topological polar surface area (TPSA) is 180 Å². The third-order valence-corrected chi connectivity index (χ3v) is 7.68. The minimum atomic E-state index is -1.03. The molecule has 2 N–H and O–H groups in total. The number of aliphatic carboxylic acids is 1. The lowest BCUT2D eigenvalue weighted by Crippen LogP contribution is -2.21. The van der Waals surface area contributed by atoms with Crippen LogP contribution in [0, 0.1) is 39.7 Å². The second kappa shape index (κ2) is 25.7. The minimum Gasteiger partial charge on any atom is -0.478 e. The van der Waals surface area contributed by atoms with Gasteiger partial charge in [0, 0.05) is 41.8 Å². The van der Waals surface area contributed by atoms with Crippen molar-refractivity contribution >= 4 is 23.9 Å². The smallest absolute Gasteiger partial charge is 0.384 e. The van der Waals surface area contributed by atoms with Gasteiger partial charge in [0.1, 0.15) is 19.3 Å². The van der Waals surface area contributed by atoms with E-state index in [1.165, 1.54) is 25.5 Å². The molecule has 0 aromatic heterocycles. The molecule has 0 spiro atoms. The molecule has 0 radical (unpaired) electrons. The van der Waals surface area contributed by atoms with Crippen LogP contribution in [0.3, 0.4) is 0 Å². The quantitative estimate of drug-likeness (QED) is 0.0517. The molecule has 0 amide bonds. The van der Waals surface area contributed by atoms with Gasteiger partial charge >= 0.3 is 23.9 Å². The van der Waals surface area contributed by atoms with Gasteiger partial charge < -0.3 is 24.4 Å². The Bertz CT molecular complexity index is 1820. The Morgan fingerprint density at radius 3 is 1.84 bits per heavy atom. The van der Waals surface area contributed by atoms with Gasteiger partial charge in [-0.05, 0) is 68.1 Å². The molecule has 4 atom stereocenters. The average molecular weight is 754 g/mol. The van der Waals surface area contributed by atoms with Gasteiger partial charge in [-0.2, -0.15) is 0 Å². The van der Waals surface area contributed by atoms with E-state index in [4.69, 9.17) is 24.4 Å². The van der Waals surface area contributed by atoms with Crippen LogP contribution in [-0.4, -0.2) is 57.3 Å². The molecular weight excluding hydrogens is 706 g/mol. The number of carboxylic acid groups (broad SMARTS) is 1. The number of hydrogen-bond donors (Lipinski definition) is 2. The average Bonchev–Trinajstić information content (AvgIpc) is 3.17. The van der Waals surface area contributed by atoms with Crippen LogP contribution in [-0.2, 0) is 46.6 Å². The number of nitrogens with zero attached hydrogens (tertiary/aromatic N) is 1. The molecule has 290 valence electrons. The summed E-state index contributed by atoms with van der Waals surface area (Å²) >= 11 is 0. The fourth-order valence-electron chi connectivity index (χ4n) is 4.95. The Morgan fingerprint density at radius 1 is 0.818 bits per heavy atom. The van der Waals surface area contributed by atoms with Crippen molar-refractivity contribution in [1.82, 2.24) is 0 Å². The van der Waals surface area contributed by atoms with E-state index in [9.17, 15) is 29.3 Å². The molecular formula is C43H47NO11. The zero-order valence-electron chi connectivity index (χ0n) is 31.2. The summed E-state index contributed by atoms with van der Waals surface area (Å²) in [6.07, 6.45) is 12.9. The van der Waals surface area contributed by atoms with E-state index in [2.05, 4.69) is 36.7 Å². The molecule has 2 aromatic rings. The molecule has 12 nitrogen and oxygen atoms in total. The van der Waals surface area contributed by atoms with E-state index < -0.39 is 42.1 Å². The van der Waals surface area contributed by atoms with E-state index in [0.717, 1.165) is 41.2 Å². The molecule has 12 heteroatoms. The first-order valence-corrected chi connectivity index (χ1v) is 17.7. The Labute approximate surface area is 321 Å². The number of aliphatic hydroxyl groups excluding tert-OH is 1. The van der Waals surface area contributed by atoms with Crippen LogP contribution in [0.15, 0.2) is 108 Å². The number of hydrogen-bond acceptors (Lipinski definition) is 10. The largest absolute Gasteiger partial charge is 0.478 e. The van der Waals surface area contributed by atoms with E-state index in [1.54, 1.807) is 13.0 Å². The second-order valence-electron chi connectivity index (χ2n) is 12.6. The SMILES string of the molecule is CC1CCC=C(/C=C/C(=O)O[C@H](C)C#CC(=O)OCc2ccccc2)C1.C[C@@H](O)C#CC(=O)OCc1ccccc1.O=C(O)/C=C/C1=CCCC([N+](=O)[O-])C1. The van der Waals surface area contributed by atoms with Crippen molar-refractivity contribution in [3.63, 3.8) is 0 Å². The van der Waals surface area contributed by atoms with Gasteiger partial charge in [-0.15, -0.1) is 0 Å². The van der Waals surface area contributed by atoms with E-state index >= 15 is 0 Å². The van der Waals surface area contributed by atoms with Crippen molar-refractivity contribution in [1.29, 1.82) is 0 Å². The molecule has 2 aromatic carbocycles. The van der Waals surface area contributed by atoms with Crippen LogP contribution < -0.4 is 0 Å². The van der Waals surface area contributed by atoms with Gasteiger partial charge in [0.2, 0.25) is 6.04 Å². The summed E-state index contributed by atoms with van der Waals surface area (Å²) in [4.78, 5) is 54.8. The summed E-state index contributed by atoms with van der Waals surface area (Å²) in [5, 5.41) is 27.7. The summed E-state index contributed by atoms with van der Waals surface area (Å²) in [7, 11) is 0. The van der Waals surface area contributed by atoms with Crippen LogP contribution in [0.1, 0.15) is 70.4 Å². The monoisotopic (exact) mass is 753 g/mol. The number of allylic oxidation sites excluding steroid dienone is 5. The molecule has 0 fully saturated rings. The lowest BCUT2D eigenvalue weighted by Gasteiger charge is -2.16. The van der Waals surface area contributed by atoms with Crippen molar-refractivity contribution in [2.24, 2.45) is 5.92 Å². The van der Waals surface area contributed by atoms with Gasteiger partial charge in [-0.25, -0.2) is 19.2 Å². The number of rotatable bonds is 10. The lowest BCUT2D eigenvalue weighted by atomic mass is 9.90. The third-order valence-electron chi connectivity index (χ3n) is 7.68. The Kier molecular flexibility index (Phi) is 21.0. The van der Waals surface area contributed by atoms with Crippen LogP contribution >= 0.6 is 0 Å². The summed E-state index contributed by atoms with van der Waals surface area (Å²) in [6, 6.07) is 18.1. The number of aliphatic hydroxyl groups is 1. The van der Waals surface area contributed by atoms with E-state index in [1.807, 2.05) is 66.7 Å². The van der Waals surface area contributed by atoms with Crippen molar-refractivity contribution in [3.05, 3.63) is 130 Å². The van der Waals surface area contributed by atoms with Crippen LogP contribution in [0.5, 0.6) is 0 Å². The number of benzene rings is 2. The third kappa shape index (κ3) is 21.8. The number of carbonyl (C=O) groups is 4. The first-order chi connectivity index (χ1) is 26.3. The molecule has 2 aliphatic rings. The zero-order valence-corrected chi connectivity index (χ0v) is 31.2. The van der Waals surface area contributed by atoms with Crippen molar-refractivity contribution in [3.8, 4) is 23.7 Å². The molecule has 55 heavy (non-hydrogen) atoms. The van der Waals surface area contributed by atoms with Crippen LogP contribution in [0.2, 0.25) is 0 Å². The first-order valence-electron chi connectivity index (χ1n) is 17.7. The van der Waals surface area contributed by atoms with E-state index in [0.29, 0.717) is 25.2 Å². The molecule has 0 heterocycles. The molecule has 0 aliphatic heterocycles. The molecule has 0 saturated heterocycles. The number of ether oxygens (including phenoxy) is 3. The Hall–Kier alpha value is -6.24. The number of nitro groups is 1. The summed E-state index contributed by atoms with van der Waals surface area (Å²) < 4.78 is 15.0. The maximum absolute atomic E-state index is 11.8. The summed E-state index contributed by atoms with van der Waals surface area (Å²) in [5.74, 6) is 7.30. The van der Waals surface area contributed by atoms with Gasteiger partial charge in [-0.1, -0.05) is 103 Å². The van der Waals surface area contributed by atoms with Crippen LogP contribution in [0.4, 0.5) is 0 Å². The predicted octanol–water partition coefficient (Wildman–Crippen LogP) is 6.46. The normalized spacial score (nSPS) is 16.9. The maximum atomic E-state index is 11.8. The Balaban J connectivity index is 0.000000308. The molecule has 0 bridgehead atoms. The Morgan fingerprint density at radius 2 is 1.33 bits per heavy atom. The van der Waals surface area contributed by atoms with Crippen molar-refractivity contribution in [2.75, 3.05) is 0 Å². The minimum absolute atomic E-state index is 0.165. The van der Waals surface area contributed by atoms with E-state index in [-0.39, 0.29) is 18.1 Å². The highest BCUT2D eigenvalue weighted by Crippen LogP contribution is 2.24. The number of esters is 3. The molecule has 4 rings (SSSR count). The maximum Gasteiger partial charge on any atom is 0.384 e. The van der Waals surface area contributed by atoms with Gasteiger partial charge in [0.25, 0.3) is 0 Å². The highest BCUT2D eigenvalue weighted by atomic mass is 16.6. The van der Waals surface area contributed by atoms with Gasteiger partial charge in [-0.3, -0.25) is 10.1 Å². The summed E-state index contributed by atoms with van der Waals surface area (Å²) in [6.45, 7) is 5.67. The zero-order chi connectivity index (χ0) is 40.4. The fraction of sp³-hybridized carbons (Fsp3) is 0.349. The predicted molar refractivity (Wildman–Crippen MR) is 205 cm³/mol. The molecule has 2 unspecified atom stereocenters. The van der Waals surface area contributed by atoms with Crippen LogP contribution in [0.25, 0.3) is 0 Å². The first kappa shape index (κ1) is 44.9. The number of carbonyl (C=O) groups excluding carboxylic acids is 3. The number of carboxylic acids is 1. The van der Waals surface area contributed by atoms with Gasteiger partial charge in [0.15, 0.2) is 6.10 Å². The van der Waals surface area contributed by atoms with Gasteiger partial charge in [0.05, 0.1) is 0 Å². The lowest BCUT2D eigenvalue weighted by molar-refractivity contribution is -0.523. The highest BCUT2D eigenvalue weighted by molar-refractivity contribution is 5.89. The van der Waals surface area contributed by atoms with Crippen molar-refractivity contribution in [2.45, 2.75) is 90.8 Å². The molecule has 0 saturated carbocycles. The fourth-order valence-corrected chi connectivity index (χ4v) is 4.95. The highest BCUT2D eigenvalue weighted by Gasteiger charge is 2.23. The second-order valence-corrected chi connectivity index (χ2v) is 12.6. The summed E-state index contributed by atoms with van der Waals surface area (Å²) in [5.41, 5.74) is 3.69.